The standard InChI is InChI=1S/C22H21Cl2N3O2S.C2H6/c23-14-16-4-1-2-5-19(16)21-25-20(15-27(21)18-8-6-17(24)7-9-18)22(28)26-10-3-12-30(29)13-11-26;1-2/h1-2,4-9,15H,3,10-14H2;1-2H3. The molecular formula is C24H27Cl2N3O2S. The number of hydrogen-bond acceptors (Lipinski definition) is 3. The second-order valence-corrected chi connectivity index (χ2v) is 9.48. The Balaban J connectivity index is 0.00000141. The molecule has 2 aromatic carbocycles. The van der Waals surface area contributed by atoms with Crippen LogP contribution in [-0.2, 0) is 16.7 Å². The van der Waals surface area contributed by atoms with Crippen LogP contribution in [0.2, 0.25) is 5.02 Å². The molecule has 0 N–H and O–H groups in total. The predicted octanol–water partition coefficient (Wildman–Crippen LogP) is 5.55. The lowest BCUT2D eigenvalue weighted by Gasteiger charge is -2.18. The maximum absolute atomic E-state index is 13.2. The van der Waals surface area contributed by atoms with E-state index >= 15 is 0 Å². The number of carbonyl (C=O) groups excluding carboxylic acids is 1. The number of benzene rings is 2. The molecule has 4 rings (SSSR count). The van der Waals surface area contributed by atoms with Crippen molar-refractivity contribution >= 4 is 39.9 Å². The lowest BCUT2D eigenvalue weighted by Crippen LogP contribution is -2.33. The molecule has 2 heterocycles. The molecule has 1 aromatic heterocycles. The van der Waals surface area contributed by atoms with Crippen LogP contribution in [0.3, 0.4) is 0 Å². The summed E-state index contributed by atoms with van der Waals surface area (Å²) in [5, 5.41) is 0.635. The molecular weight excluding hydrogens is 465 g/mol. The summed E-state index contributed by atoms with van der Waals surface area (Å²) in [5.74, 6) is 1.98. The highest BCUT2D eigenvalue weighted by atomic mass is 35.5. The number of rotatable bonds is 4. The molecule has 1 amide bonds. The van der Waals surface area contributed by atoms with E-state index < -0.39 is 10.8 Å². The zero-order valence-electron chi connectivity index (χ0n) is 18.3. The van der Waals surface area contributed by atoms with E-state index in [0.29, 0.717) is 47.0 Å². The Morgan fingerprint density at radius 1 is 1.06 bits per heavy atom. The van der Waals surface area contributed by atoms with Gasteiger partial charge in [0, 0.05) is 63.7 Å². The highest BCUT2D eigenvalue weighted by Gasteiger charge is 2.24. The van der Waals surface area contributed by atoms with Crippen molar-refractivity contribution in [3.63, 3.8) is 0 Å². The summed E-state index contributed by atoms with van der Waals surface area (Å²) < 4.78 is 13.7. The van der Waals surface area contributed by atoms with Crippen LogP contribution in [0.25, 0.3) is 17.1 Å². The largest absolute Gasteiger partial charge is 0.336 e. The van der Waals surface area contributed by atoms with Crippen molar-refractivity contribution in [1.82, 2.24) is 14.5 Å². The number of amides is 1. The van der Waals surface area contributed by atoms with Gasteiger partial charge in [0.05, 0.1) is 0 Å². The van der Waals surface area contributed by atoms with Gasteiger partial charge in [0.2, 0.25) is 0 Å². The highest BCUT2D eigenvalue weighted by molar-refractivity contribution is 7.85. The van der Waals surface area contributed by atoms with Crippen molar-refractivity contribution in [3.05, 3.63) is 71.0 Å². The van der Waals surface area contributed by atoms with Gasteiger partial charge >= 0.3 is 0 Å². The number of halogens is 2. The van der Waals surface area contributed by atoms with Crippen LogP contribution >= 0.6 is 23.2 Å². The molecule has 8 heteroatoms. The van der Waals surface area contributed by atoms with Gasteiger partial charge in [-0.05, 0) is 36.2 Å². The van der Waals surface area contributed by atoms with E-state index in [4.69, 9.17) is 28.2 Å². The van der Waals surface area contributed by atoms with Gasteiger partial charge in [-0.25, -0.2) is 4.98 Å². The van der Waals surface area contributed by atoms with E-state index in [9.17, 15) is 9.00 Å². The van der Waals surface area contributed by atoms with E-state index in [1.165, 1.54) is 0 Å². The molecule has 0 radical (unpaired) electrons. The van der Waals surface area contributed by atoms with Crippen LogP contribution in [0.1, 0.15) is 36.3 Å². The third-order valence-corrected chi connectivity index (χ3v) is 7.03. The number of alkyl halides is 1. The monoisotopic (exact) mass is 491 g/mol. The van der Waals surface area contributed by atoms with Crippen molar-refractivity contribution in [2.45, 2.75) is 26.1 Å². The minimum atomic E-state index is -0.863. The maximum Gasteiger partial charge on any atom is 0.274 e. The summed E-state index contributed by atoms with van der Waals surface area (Å²) in [6, 6.07) is 15.2. The van der Waals surface area contributed by atoms with Crippen molar-refractivity contribution < 1.29 is 9.00 Å². The lowest BCUT2D eigenvalue weighted by atomic mass is 10.1. The number of carbonyl (C=O) groups is 1. The first-order valence-corrected chi connectivity index (χ1v) is 13.1. The van der Waals surface area contributed by atoms with Gasteiger partial charge in [-0.2, -0.15) is 0 Å². The smallest absolute Gasteiger partial charge is 0.274 e. The van der Waals surface area contributed by atoms with Crippen molar-refractivity contribution in [1.29, 1.82) is 0 Å². The molecule has 0 bridgehead atoms. The first kappa shape index (κ1) is 24.5. The van der Waals surface area contributed by atoms with Gasteiger partial charge in [-0.15, -0.1) is 11.6 Å². The molecule has 1 fully saturated rings. The zero-order chi connectivity index (χ0) is 23.1. The minimum absolute atomic E-state index is 0.147. The summed E-state index contributed by atoms with van der Waals surface area (Å²) in [5.41, 5.74) is 3.02. The third-order valence-electron chi connectivity index (χ3n) is 5.11. The first-order chi connectivity index (χ1) is 15.6. The lowest BCUT2D eigenvalue weighted by molar-refractivity contribution is 0.0763. The molecule has 0 aliphatic carbocycles. The number of imidazole rings is 1. The van der Waals surface area contributed by atoms with Crippen LogP contribution in [0, 0.1) is 0 Å². The first-order valence-electron chi connectivity index (χ1n) is 10.7. The number of nitrogens with zero attached hydrogens (tertiary/aromatic N) is 3. The van der Waals surface area contributed by atoms with E-state index in [2.05, 4.69) is 0 Å². The Labute approximate surface area is 201 Å². The molecule has 3 aromatic rings. The molecule has 1 aliphatic heterocycles. The second-order valence-electron chi connectivity index (χ2n) is 7.08. The summed E-state index contributed by atoms with van der Waals surface area (Å²) >= 11 is 12.2. The topological polar surface area (TPSA) is 55.2 Å². The molecule has 1 saturated heterocycles. The fourth-order valence-corrected chi connectivity index (χ4v) is 4.97. The summed E-state index contributed by atoms with van der Waals surface area (Å²) in [7, 11) is -0.863. The zero-order valence-corrected chi connectivity index (χ0v) is 20.6. The van der Waals surface area contributed by atoms with E-state index in [1.54, 1.807) is 23.2 Å². The SMILES string of the molecule is CC.O=C(c1cn(-c2ccc(Cl)cc2)c(-c2ccccc2CCl)n1)N1CCCS(=O)CC1. The predicted molar refractivity (Wildman–Crippen MR) is 133 cm³/mol. The van der Waals surface area contributed by atoms with Gasteiger partial charge in [0.25, 0.3) is 5.91 Å². The Hall–Kier alpha value is -2.15. The van der Waals surface area contributed by atoms with E-state index in [-0.39, 0.29) is 5.91 Å². The molecule has 5 nitrogen and oxygen atoms in total. The maximum atomic E-state index is 13.2. The molecule has 0 spiro atoms. The van der Waals surface area contributed by atoms with E-state index in [0.717, 1.165) is 23.2 Å². The summed E-state index contributed by atoms with van der Waals surface area (Å²) in [4.78, 5) is 19.7. The number of aromatic nitrogens is 2. The van der Waals surface area contributed by atoms with Gasteiger partial charge in [-0.1, -0.05) is 49.7 Å². The van der Waals surface area contributed by atoms with Crippen molar-refractivity contribution in [2.75, 3.05) is 24.6 Å². The third kappa shape index (κ3) is 5.61. The normalized spacial score (nSPS) is 16.1. The van der Waals surface area contributed by atoms with Gasteiger partial charge in [0.1, 0.15) is 11.5 Å². The van der Waals surface area contributed by atoms with Crippen molar-refractivity contribution in [3.8, 4) is 17.1 Å². The average molecular weight is 492 g/mol. The van der Waals surface area contributed by atoms with Crippen LogP contribution < -0.4 is 0 Å². The Kier molecular flexibility index (Phi) is 8.91. The Morgan fingerprint density at radius 3 is 2.50 bits per heavy atom. The van der Waals surface area contributed by atoms with Crippen LogP contribution in [0.5, 0.6) is 0 Å². The van der Waals surface area contributed by atoms with Crippen LogP contribution in [0.15, 0.2) is 54.7 Å². The van der Waals surface area contributed by atoms with Gasteiger partial charge in [0.15, 0.2) is 0 Å². The summed E-state index contributed by atoms with van der Waals surface area (Å²) in [6.07, 6.45) is 2.49. The fraction of sp³-hybridized carbons (Fsp3) is 0.333. The van der Waals surface area contributed by atoms with E-state index in [1.807, 2.05) is 54.8 Å². The minimum Gasteiger partial charge on any atom is -0.336 e. The quantitative estimate of drug-likeness (QED) is 0.449. The van der Waals surface area contributed by atoms with Crippen molar-refractivity contribution in [2.24, 2.45) is 0 Å². The van der Waals surface area contributed by atoms with Gasteiger partial charge in [-0.3, -0.25) is 13.6 Å². The molecule has 1 atom stereocenters. The average Bonchev–Trinajstić information content (AvgIpc) is 3.16. The molecule has 32 heavy (non-hydrogen) atoms. The highest BCUT2D eigenvalue weighted by Crippen LogP contribution is 2.28. The fourth-order valence-electron chi connectivity index (χ4n) is 3.53. The second kappa shape index (κ2) is 11.6. The Morgan fingerprint density at radius 2 is 1.78 bits per heavy atom. The van der Waals surface area contributed by atoms with Crippen LogP contribution in [-0.4, -0.2) is 49.2 Å². The van der Waals surface area contributed by atoms with Crippen LogP contribution in [0.4, 0.5) is 0 Å². The molecule has 170 valence electrons. The number of hydrogen-bond donors (Lipinski definition) is 0. The Bertz CT molecular complexity index is 1080. The molecule has 1 aliphatic rings. The van der Waals surface area contributed by atoms with Gasteiger partial charge < -0.3 is 4.90 Å². The molecule has 1 unspecified atom stereocenters. The molecule has 0 saturated carbocycles. The summed E-state index contributed by atoms with van der Waals surface area (Å²) in [6.45, 7) is 5.07.